The smallest absolute Gasteiger partial charge is 0.243 e. The molecule has 3 nitrogen and oxygen atoms in total. The molecule has 19 heavy (non-hydrogen) atoms. The summed E-state index contributed by atoms with van der Waals surface area (Å²) in [6.45, 7) is 9.47. The lowest BCUT2D eigenvalue weighted by molar-refractivity contribution is -0.132. The standard InChI is InChI=1S/C15H26ClNO2/c1-11(2)9-19-10-17(14(18)8-16)15-12(3)6-5-7-13(15)4/h11-12H,5-10H2,1-4H3. The van der Waals surface area contributed by atoms with Gasteiger partial charge in [0.15, 0.2) is 0 Å². The Balaban J connectivity index is 2.81. The SMILES string of the molecule is CC1=C(N(COCC(C)C)C(=O)CCl)C(C)CCC1. The molecule has 1 aliphatic rings. The van der Waals surface area contributed by atoms with Gasteiger partial charge in [-0.15, -0.1) is 11.6 Å². The second-order valence-electron chi connectivity index (χ2n) is 5.81. The third kappa shape index (κ3) is 4.81. The lowest BCUT2D eigenvalue weighted by Crippen LogP contribution is -2.37. The van der Waals surface area contributed by atoms with Crippen molar-refractivity contribution in [3.63, 3.8) is 0 Å². The van der Waals surface area contributed by atoms with Crippen molar-refractivity contribution in [3.8, 4) is 0 Å². The molecule has 0 radical (unpaired) electrons. The number of allylic oxidation sites excluding steroid dienone is 2. The highest BCUT2D eigenvalue weighted by Crippen LogP contribution is 2.32. The van der Waals surface area contributed by atoms with Crippen molar-refractivity contribution in [2.75, 3.05) is 19.2 Å². The first-order chi connectivity index (χ1) is 8.97. The summed E-state index contributed by atoms with van der Waals surface area (Å²) in [6.07, 6.45) is 3.39. The molecular formula is C15H26ClNO2. The second-order valence-corrected chi connectivity index (χ2v) is 6.08. The Labute approximate surface area is 121 Å². The van der Waals surface area contributed by atoms with E-state index in [2.05, 4.69) is 27.7 Å². The van der Waals surface area contributed by atoms with Gasteiger partial charge in [-0.2, -0.15) is 0 Å². The van der Waals surface area contributed by atoms with Crippen molar-refractivity contribution in [2.45, 2.75) is 47.0 Å². The molecule has 0 aliphatic heterocycles. The number of carbonyl (C=O) groups excluding carboxylic acids is 1. The van der Waals surface area contributed by atoms with Crippen LogP contribution in [-0.2, 0) is 9.53 Å². The van der Waals surface area contributed by atoms with Crippen LogP contribution in [0.1, 0.15) is 47.0 Å². The summed E-state index contributed by atoms with van der Waals surface area (Å²) >= 11 is 5.73. The first-order valence-corrected chi connectivity index (χ1v) is 7.64. The molecule has 1 atom stereocenters. The van der Waals surface area contributed by atoms with Gasteiger partial charge in [-0.25, -0.2) is 0 Å². The highest BCUT2D eigenvalue weighted by atomic mass is 35.5. The molecule has 0 aromatic heterocycles. The minimum absolute atomic E-state index is 0.00847. The number of nitrogens with zero attached hydrogens (tertiary/aromatic N) is 1. The summed E-state index contributed by atoms with van der Waals surface area (Å²) in [5.41, 5.74) is 2.42. The number of carbonyl (C=O) groups is 1. The van der Waals surface area contributed by atoms with Crippen molar-refractivity contribution < 1.29 is 9.53 Å². The fraction of sp³-hybridized carbons (Fsp3) is 0.800. The summed E-state index contributed by atoms with van der Waals surface area (Å²) in [6, 6.07) is 0. The number of amides is 1. The molecule has 1 amide bonds. The molecule has 0 aromatic carbocycles. The maximum atomic E-state index is 12.1. The number of alkyl halides is 1. The topological polar surface area (TPSA) is 29.5 Å². The van der Waals surface area contributed by atoms with Crippen LogP contribution in [0.4, 0.5) is 0 Å². The zero-order valence-corrected chi connectivity index (χ0v) is 13.3. The molecule has 1 unspecified atom stereocenters. The molecule has 0 heterocycles. The number of hydrogen-bond acceptors (Lipinski definition) is 2. The van der Waals surface area contributed by atoms with E-state index >= 15 is 0 Å². The molecule has 110 valence electrons. The van der Waals surface area contributed by atoms with Gasteiger partial charge in [0.1, 0.15) is 12.6 Å². The molecule has 0 fully saturated rings. The maximum absolute atomic E-state index is 12.1. The Morgan fingerprint density at radius 1 is 1.53 bits per heavy atom. The van der Waals surface area contributed by atoms with E-state index < -0.39 is 0 Å². The third-order valence-corrected chi connectivity index (χ3v) is 3.70. The molecule has 0 saturated carbocycles. The molecule has 1 aliphatic carbocycles. The maximum Gasteiger partial charge on any atom is 0.243 e. The number of ether oxygens (including phenoxy) is 1. The van der Waals surface area contributed by atoms with Crippen LogP contribution in [0.2, 0.25) is 0 Å². The largest absolute Gasteiger partial charge is 0.360 e. The lowest BCUT2D eigenvalue weighted by Gasteiger charge is -2.33. The Bertz CT molecular complexity index is 339. The predicted octanol–water partition coefficient (Wildman–Crippen LogP) is 3.78. The van der Waals surface area contributed by atoms with Crippen molar-refractivity contribution in [1.82, 2.24) is 4.90 Å². The van der Waals surface area contributed by atoms with Gasteiger partial charge in [0.05, 0.1) is 6.61 Å². The van der Waals surface area contributed by atoms with E-state index in [4.69, 9.17) is 16.3 Å². The molecule has 1 rings (SSSR count). The summed E-state index contributed by atoms with van der Waals surface area (Å²) in [4.78, 5) is 13.8. The summed E-state index contributed by atoms with van der Waals surface area (Å²) in [5, 5.41) is 0. The molecule has 0 bridgehead atoms. The van der Waals surface area contributed by atoms with E-state index in [0.717, 1.165) is 18.5 Å². The number of halogens is 1. The molecule has 4 heteroatoms. The first-order valence-electron chi connectivity index (χ1n) is 7.11. The van der Waals surface area contributed by atoms with Crippen LogP contribution in [0.15, 0.2) is 11.3 Å². The van der Waals surface area contributed by atoms with Crippen LogP contribution < -0.4 is 0 Å². The molecular weight excluding hydrogens is 262 g/mol. The zero-order valence-electron chi connectivity index (χ0n) is 12.5. The molecule has 0 saturated heterocycles. The van der Waals surface area contributed by atoms with Gasteiger partial charge in [0.25, 0.3) is 0 Å². The van der Waals surface area contributed by atoms with Crippen molar-refractivity contribution in [1.29, 1.82) is 0 Å². The summed E-state index contributed by atoms with van der Waals surface area (Å²) < 4.78 is 5.64. The van der Waals surface area contributed by atoms with Crippen LogP contribution in [-0.4, -0.2) is 30.0 Å². The quantitative estimate of drug-likeness (QED) is 0.550. The monoisotopic (exact) mass is 287 g/mol. The van der Waals surface area contributed by atoms with Crippen molar-refractivity contribution in [2.24, 2.45) is 11.8 Å². The third-order valence-electron chi connectivity index (χ3n) is 3.47. The van der Waals surface area contributed by atoms with E-state index in [0.29, 0.717) is 25.2 Å². The van der Waals surface area contributed by atoms with Gasteiger partial charge >= 0.3 is 0 Å². The summed E-state index contributed by atoms with van der Waals surface area (Å²) in [5.74, 6) is 0.818. The van der Waals surface area contributed by atoms with Crippen LogP contribution in [0.25, 0.3) is 0 Å². The van der Waals surface area contributed by atoms with Gasteiger partial charge in [0, 0.05) is 5.70 Å². The Morgan fingerprint density at radius 2 is 2.21 bits per heavy atom. The van der Waals surface area contributed by atoms with E-state index in [9.17, 15) is 4.79 Å². The van der Waals surface area contributed by atoms with Gasteiger partial charge in [-0.3, -0.25) is 9.69 Å². The fourth-order valence-corrected chi connectivity index (χ4v) is 2.73. The minimum atomic E-state index is -0.0616. The average molecular weight is 288 g/mol. The Morgan fingerprint density at radius 3 is 2.74 bits per heavy atom. The number of rotatable bonds is 6. The molecule has 0 spiro atoms. The van der Waals surface area contributed by atoms with E-state index in [-0.39, 0.29) is 11.8 Å². The first kappa shape index (κ1) is 16.5. The lowest BCUT2D eigenvalue weighted by atomic mass is 9.88. The molecule has 0 N–H and O–H groups in total. The molecule has 0 aromatic rings. The Kier molecular flexibility index (Phi) is 6.87. The van der Waals surface area contributed by atoms with Crippen molar-refractivity contribution in [3.05, 3.63) is 11.3 Å². The predicted molar refractivity (Wildman–Crippen MR) is 78.9 cm³/mol. The number of hydrogen-bond donors (Lipinski definition) is 0. The minimum Gasteiger partial charge on any atom is -0.360 e. The van der Waals surface area contributed by atoms with Gasteiger partial charge in [-0.1, -0.05) is 26.3 Å². The van der Waals surface area contributed by atoms with Crippen LogP contribution in [0.5, 0.6) is 0 Å². The van der Waals surface area contributed by atoms with Gasteiger partial charge < -0.3 is 4.74 Å². The summed E-state index contributed by atoms with van der Waals surface area (Å²) in [7, 11) is 0. The average Bonchev–Trinajstić information content (AvgIpc) is 2.35. The van der Waals surface area contributed by atoms with E-state index in [1.807, 2.05) is 0 Å². The van der Waals surface area contributed by atoms with E-state index in [1.54, 1.807) is 4.90 Å². The van der Waals surface area contributed by atoms with Gasteiger partial charge in [-0.05, 0) is 38.0 Å². The van der Waals surface area contributed by atoms with Crippen LogP contribution in [0, 0.1) is 11.8 Å². The van der Waals surface area contributed by atoms with Gasteiger partial charge in [0.2, 0.25) is 5.91 Å². The second kappa shape index (κ2) is 7.91. The highest BCUT2D eigenvalue weighted by Gasteiger charge is 2.26. The van der Waals surface area contributed by atoms with Crippen LogP contribution >= 0.6 is 11.6 Å². The zero-order chi connectivity index (χ0) is 14.4. The Hall–Kier alpha value is -0.540. The normalized spacial score (nSPS) is 20.0. The van der Waals surface area contributed by atoms with Crippen molar-refractivity contribution >= 4 is 17.5 Å². The fourth-order valence-electron chi connectivity index (χ4n) is 2.58. The highest BCUT2D eigenvalue weighted by molar-refractivity contribution is 6.27. The van der Waals surface area contributed by atoms with Crippen LogP contribution in [0.3, 0.4) is 0 Å². The van der Waals surface area contributed by atoms with E-state index in [1.165, 1.54) is 12.0 Å².